The number of aryl methyl sites for hydroxylation is 1. The molecule has 4 nitrogen and oxygen atoms in total. The first-order chi connectivity index (χ1) is 13.7. The summed E-state index contributed by atoms with van der Waals surface area (Å²) in [6.07, 6.45) is 7.30. The van der Waals surface area contributed by atoms with Gasteiger partial charge in [-0.2, -0.15) is 0 Å². The second-order valence-electron chi connectivity index (χ2n) is 6.83. The van der Waals surface area contributed by atoms with Crippen molar-refractivity contribution in [2.45, 2.75) is 39.2 Å². The van der Waals surface area contributed by atoms with Crippen molar-refractivity contribution in [2.75, 3.05) is 6.54 Å². The van der Waals surface area contributed by atoms with Crippen LogP contribution in [0.5, 0.6) is 0 Å². The van der Waals surface area contributed by atoms with E-state index in [1.807, 2.05) is 25.1 Å². The molecule has 28 heavy (non-hydrogen) atoms. The van der Waals surface area contributed by atoms with Gasteiger partial charge in [0.15, 0.2) is 0 Å². The standard InChI is InChI=1S/C23H26ClN3O/c1-2-8-23(28)25-16-7-3-4-11-22-26-20-9-5-6-10-21(20)27(22)17-18-12-14-19(24)15-13-18/h2,5-6,8-10,12-15H,3-4,7,11,16-17H2,1H3,(H,25,28)/b8-2+. The van der Waals surface area contributed by atoms with Crippen LogP contribution in [0.2, 0.25) is 5.02 Å². The van der Waals surface area contributed by atoms with Gasteiger partial charge in [0.25, 0.3) is 0 Å². The first kappa shape index (κ1) is 20.2. The molecular weight excluding hydrogens is 370 g/mol. The van der Waals surface area contributed by atoms with E-state index in [2.05, 4.69) is 40.2 Å². The maximum absolute atomic E-state index is 11.4. The summed E-state index contributed by atoms with van der Waals surface area (Å²) < 4.78 is 2.30. The normalized spacial score (nSPS) is 11.4. The number of carbonyl (C=O) groups is 1. The van der Waals surface area contributed by atoms with Gasteiger partial charge in [-0.15, -0.1) is 0 Å². The van der Waals surface area contributed by atoms with Gasteiger partial charge in [0, 0.05) is 24.5 Å². The van der Waals surface area contributed by atoms with E-state index in [0.29, 0.717) is 6.54 Å². The summed E-state index contributed by atoms with van der Waals surface area (Å²) in [5.41, 5.74) is 3.40. The maximum Gasteiger partial charge on any atom is 0.243 e. The van der Waals surface area contributed by atoms with Crippen molar-refractivity contribution in [2.24, 2.45) is 0 Å². The van der Waals surface area contributed by atoms with Crippen LogP contribution in [0.25, 0.3) is 11.0 Å². The molecule has 0 fully saturated rings. The lowest BCUT2D eigenvalue weighted by molar-refractivity contribution is -0.116. The second-order valence-corrected chi connectivity index (χ2v) is 7.27. The number of fused-ring (bicyclic) bond motifs is 1. The highest BCUT2D eigenvalue weighted by molar-refractivity contribution is 6.30. The summed E-state index contributed by atoms with van der Waals surface area (Å²) in [6, 6.07) is 16.3. The smallest absolute Gasteiger partial charge is 0.243 e. The predicted octanol–water partition coefficient (Wildman–Crippen LogP) is 5.14. The fourth-order valence-corrected chi connectivity index (χ4v) is 3.40. The van der Waals surface area contributed by atoms with Gasteiger partial charge < -0.3 is 9.88 Å². The molecule has 0 bridgehead atoms. The highest BCUT2D eigenvalue weighted by Gasteiger charge is 2.10. The Morgan fingerprint density at radius 1 is 1.11 bits per heavy atom. The molecule has 0 saturated heterocycles. The van der Waals surface area contributed by atoms with Crippen molar-refractivity contribution in [1.82, 2.24) is 14.9 Å². The fraction of sp³-hybridized carbons (Fsp3) is 0.304. The first-order valence-corrected chi connectivity index (χ1v) is 10.1. The van der Waals surface area contributed by atoms with Crippen molar-refractivity contribution in [1.29, 1.82) is 0 Å². The van der Waals surface area contributed by atoms with Gasteiger partial charge in [0.05, 0.1) is 11.0 Å². The van der Waals surface area contributed by atoms with E-state index < -0.39 is 0 Å². The van der Waals surface area contributed by atoms with Crippen LogP contribution in [-0.4, -0.2) is 22.0 Å². The van der Waals surface area contributed by atoms with Gasteiger partial charge in [-0.1, -0.05) is 48.4 Å². The van der Waals surface area contributed by atoms with Gasteiger partial charge >= 0.3 is 0 Å². The van der Waals surface area contributed by atoms with Gasteiger partial charge in [-0.3, -0.25) is 4.79 Å². The molecule has 0 aliphatic heterocycles. The largest absolute Gasteiger partial charge is 0.353 e. The summed E-state index contributed by atoms with van der Waals surface area (Å²) in [6.45, 7) is 3.34. The Bertz CT molecular complexity index is 944. The molecule has 3 aromatic rings. The maximum atomic E-state index is 11.4. The number of carbonyl (C=O) groups excluding carboxylic acids is 1. The van der Waals surface area contributed by atoms with Crippen LogP contribution in [-0.2, 0) is 17.8 Å². The minimum absolute atomic E-state index is 0.0211. The third kappa shape index (κ3) is 5.46. The van der Waals surface area contributed by atoms with Crippen LogP contribution in [0.3, 0.4) is 0 Å². The molecule has 0 atom stereocenters. The third-order valence-electron chi connectivity index (χ3n) is 4.68. The molecule has 0 aliphatic rings. The SMILES string of the molecule is C/C=C/C(=O)NCCCCCc1nc2ccccc2n1Cc1ccc(Cl)cc1. The van der Waals surface area contributed by atoms with E-state index in [-0.39, 0.29) is 5.91 Å². The summed E-state index contributed by atoms with van der Waals surface area (Å²) in [5.74, 6) is 1.08. The Kier molecular flexibility index (Phi) is 7.26. The highest BCUT2D eigenvalue weighted by Crippen LogP contribution is 2.20. The van der Waals surface area contributed by atoms with Crippen molar-refractivity contribution in [3.05, 3.63) is 77.1 Å². The average molecular weight is 396 g/mol. The van der Waals surface area contributed by atoms with E-state index in [0.717, 1.165) is 54.1 Å². The molecule has 146 valence electrons. The van der Waals surface area contributed by atoms with E-state index in [1.165, 1.54) is 5.56 Å². The Balaban J connectivity index is 1.62. The lowest BCUT2D eigenvalue weighted by atomic mass is 10.1. The summed E-state index contributed by atoms with van der Waals surface area (Å²) in [5, 5.41) is 3.65. The summed E-state index contributed by atoms with van der Waals surface area (Å²) >= 11 is 6.02. The number of para-hydroxylation sites is 2. The zero-order valence-corrected chi connectivity index (χ0v) is 17.0. The van der Waals surface area contributed by atoms with Gasteiger partial charge in [-0.05, 0) is 55.7 Å². The molecule has 3 rings (SSSR count). The number of amides is 1. The molecule has 1 amide bonds. The third-order valence-corrected chi connectivity index (χ3v) is 4.93. The minimum atomic E-state index is -0.0211. The first-order valence-electron chi connectivity index (χ1n) is 9.76. The highest BCUT2D eigenvalue weighted by atomic mass is 35.5. The Morgan fingerprint density at radius 3 is 2.68 bits per heavy atom. The van der Waals surface area contributed by atoms with Crippen LogP contribution < -0.4 is 5.32 Å². The fourth-order valence-electron chi connectivity index (χ4n) is 3.27. The molecule has 2 aromatic carbocycles. The molecular formula is C23H26ClN3O. The number of allylic oxidation sites excluding steroid dienone is 1. The number of benzene rings is 2. The molecule has 0 spiro atoms. The van der Waals surface area contributed by atoms with Crippen molar-refractivity contribution in [3.8, 4) is 0 Å². The van der Waals surface area contributed by atoms with Gasteiger partial charge in [0.2, 0.25) is 5.91 Å². The number of nitrogens with zero attached hydrogens (tertiary/aromatic N) is 2. The zero-order valence-electron chi connectivity index (χ0n) is 16.2. The number of hydrogen-bond acceptors (Lipinski definition) is 2. The van der Waals surface area contributed by atoms with Crippen molar-refractivity contribution in [3.63, 3.8) is 0 Å². The number of hydrogen-bond donors (Lipinski definition) is 1. The predicted molar refractivity (Wildman–Crippen MR) is 116 cm³/mol. The number of rotatable bonds is 9. The van der Waals surface area contributed by atoms with E-state index in [9.17, 15) is 4.79 Å². The minimum Gasteiger partial charge on any atom is -0.353 e. The van der Waals surface area contributed by atoms with Crippen LogP contribution in [0.15, 0.2) is 60.7 Å². The van der Waals surface area contributed by atoms with E-state index >= 15 is 0 Å². The second kappa shape index (κ2) is 10.1. The van der Waals surface area contributed by atoms with E-state index in [4.69, 9.17) is 16.6 Å². The van der Waals surface area contributed by atoms with Crippen molar-refractivity contribution >= 4 is 28.5 Å². The molecule has 0 aliphatic carbocycles. The zero-order chi connectivity index (χ0) is 19.8. The number of nitrogens with one attached hydrogen (secondary N) is 1. The summed E-state index contributed by atoms with van der Waals surface area (Å²) in [4.78, 5) is 16.3. The Labute approximate surface area is 171 Å². The molecule has 1 heterocycles. The topological polar surface area (TPSA) is 46.9 Å². The van der Waals surface area contributed by atoms with Gasteiger partial charge in [-0.25, -0.2) is 4.98 Å². The van der Waals surface area contributed by atoms with Crippen LogP contribution in [0, 0.1) is 0 Å². The molecule has 1 N–H and O–H groups in total. The van der Waals surface area contributed by atoms with Crippen LogP contribution in [0.4, 0.5) is 0 Å². The number of unbranched alkanes of at least 4 members (excludes halogenated alkanes) is 2. The average Bonchev–Trinajstić information content (AvgIpc) is 3.04. The lowest BCUT2D eigenvalue weighted by Gasteiger charge is -2.10. The molecule has 0 saturated carbocycles. The van der Waals surface area contributed by atoms with Crippen LogP contribution >= 0.6 is 11.6 Å². The van der Waals surface area contributed by atoms with E-state index in [1.54, 1.807) is 12.2 Å². The molecule has 1 aromatic heterocycles. The Morgan fingerprint density at radius 2 is 1.89 bits per heavy atom. The number of halogens is 1. The number of aromatic nitrogens is 2. The quantitative estimate of drug-likeness (QED) is 0.402. The van der Waals surface area contributed by atoms with Gasteiger partial charge in [0.1, 0.15) is 5.82 Å². The lowest BCUT2D eigenvalue weighted by Crippen LogP contribution is -2.21. The number of imidazole rings is 1. The molecule has 5 heteroatoms. The molecule has 0 radical (unpaired) electrons. The Hall–Kier alpha value is -2.59. The monoisotopic (exact) mass is 395 g/mol. The van der Waals surface area contributed by atoms with Crippen molar-refractivity contribution < 1.29 is 4.79 Å². The summed E-state index contributed by atoms with van der Waals surface area (Å²) in [7, 11) is 0. The molecule has 0 unspecified atom stereocenters. The van der Waals surface area contributed by atoms with Crippen LogP contribution in [0.1, 0.15) is 37.6 Å².